The van der Waals surface area contributed by atoms with Crippen LogP contribution in [-0.4, -0.2) is 23.8 Å². The number of carbonyl (C=O) groups excluding carboxylic acids is 1. The standard InChI is InChI=1S/C19H27NO3/c1-2-22-19(21)16-7-5-6-15(9-10-16)17-11-12-20(14-17)18-8-3-4-13-23-18/h9,11-12,14,16,18H,2-8,10,13H2,1H3. The summed E-state index contributed by atoms with van der Waals surface area (Å²) in [6.07, 6.45) is 14.0. The Labute approximate surface area is 138 Å². The molecule has 0 N–H and O–H groups in total. The highest BCUT2D eigenvalue weighted by Crippen LogP contribution is 2.31. The van der Waals surface area contributed by atoms with Crippen molar-refractivity contribution in [3.8, 4) is 0 Å². The first-order chi connectivity index (χ1) is 11.3. The molecule has 4 nitrogen and oxygen atoms in total. The second-order valence-corrected chi connectivity index (χ2v) is 6.47. The van der Waals surface area contributed by atoms with Crippen LogP contribution in [-0.2, 0) is 14.3 Å². The predicted molar refractivity (Wildman–Crippen MR) is 89.8 cm³/mol. The van der Waals surface area contributed by atoms with Gasteiger partial charge < -0.3 is 14.0 Å². The maximum Gasteiger partial charge on any atom is 0.309 e. The number of hydrogen-bond donors (Lipinski definition) is 0. The van der Waals surface area contributed by atoms with E-state index >= 15 is 0 Å². The average molecular weight is 317 g/mol. The molecule has 23 heavy (non-hydrogen) atoms. The van der Waals surface area contributed by atoms with Gasteiger partial charge in [-0.1, -0.05) is 6.08 Å². The summed E-state index contributed by atoms with van der Waals surface area (Å²) in [5.41, 5.74) is 2.62. The van der Waals surface area contributed by atoms with Gasteiger partial charge in [0.1, 0.15) is 6.23 Å². The zero-order chi connectivity index (χ0) is 16.1. The molecule has 4 heteroatoms. The van der Waals surface area contributed by atoms with Gasteiger partial charge in [0.15, 0.2) is 0 Å². The molecule has 1 aliphatic carbocycles. The van der Waals surface area contributed by atoms with Crippen LogP contribution in [0.4, 0.5) is 0 Å². The molecule has 1 saturated heterocycles. The lowest BCUT2D eigenvalue weighted by molar-refractivity contribution is -0.148. The first-order valence-electron chi connectivity index (χ1n) is 8.93. The Bertz CT molecular complexity index is 555. The number of rotatable bonds is 4. The molecule has 2 heterocycles. The third-order valence-corrected chi connectivity index (χ3v) is 4.84. The average Bonchev–Trinajstić information content (AvgIpc) is 2.94. The molecule has 2 aliphatic rings. The van der Waals surface area contributed by atoms with Crippen molar-refractivity contribution in [2.45, 2.75) is 58.1 Å². The van der Waals surface area contributed by atoms with Crippen molar-refractivity contribution in [3.63, 3.8) is 0 Å². The zero-order valence-electron chi connectivity index (χ0n) is 14.0. The van der Waals surface area contributed by atoms with E-state index in [1.54, 1.807) is 0 Å². The topological polar surface area (TPSA) is 40.5 Å². The van der Waals surface area contributed by atoms with Crippen LogP contribution < -0.4 is 0 Å². The second kappa shape index (κ2) is 7.82. The highest BCUT2D eigenvalue weighted by Gasteiger charge is 2.22. The summed E-state index contributed by atoms with van der Waals surface area (Å²) in [6, 6.07) is 2.18. The molecule has 1 aromatic rings. The number of aromatic nitrogens is 1. The van der Waals surface area contributed by atoms with Crippen molar-refractivity contribution >= 4 is 11.5 Å². The van der Waals surface area contributed by atoms with Gasteiger partial charge in [0.25, 0.3) is 0 Å². The Morgan fingerprint density at radius 1 is 1.35 bits per heavy atom. The minimum Gasteiger partial charge on any atom is -0.466 e. The van der Waals surface area contributed by atoms with E-state index in [2.05, 4.69) is 29.1 Å². The van der Waals surface area contributed by atoms with Crippen LogP contribution in [0.5, 0.6) is 0 Å². The minimum atomic E-state index is -0.0434. The van der Waals surface area contributed by atoms with Crippen molar-refractivity contribution in [1.29, 1.82) is 0 Å². The number of esters is 1. The van der Waals surface area contributed by atoms with Crippen LogP contribution in [0.3, 0.4) is 0 Å². The predicted octanol–water partition coefficient (Wildman–Crippen LogP) is 4.32. The Morgan fingerprint density at radius 2 is 2.26 bits per heavy atom. The third kappa shape index (κ3) is 4.05. The quantitative estimate of drug-likeness (QED) is 0.776. The Balaban J connectivity index is 1.66. The number of carbonyl (C=O) groups is 1. The van der Waals surface area contributed by atoms with Gasteiger partial charge in [-0.15, -0.1) is 0 Å². The normalized spacial score (nSPS) is 25.5. The second-order valence-electron chi connectivity index (χ2n) is 6.47. The van der Waals surface area contributed by atoms with E-state index in [1.807, 2.05) is 6.92 Å². The maximum atomic E-state index is 11.9. The zero-order valence-corrected chi connectivity index (χ0v) is 14.0. The molecule has 0 amide bonds. The van der Waals surface area contributed by atoms with Crippen LogP contribution in [0, 0.1) is 5.92 Å². The maximum absolute atomic E-state index is 11.9. The van der Waals surface area contributed by atoms with Gasteiger partial charge in [-0.25, -0.2) is 0 Å². The highest BCUT2D eigenvalue weighted by atomic mass is 16.5. The van der Waals surface area contributed by atoms with Crippen molar-refractivity contribution in [2.24, 2.45) is 5.92 Å². The van der Waals surface area contributed by atoms with Gasteiger partial charge in [0, 0.05) is 19.0 Å². The molecule has 0 spiro atoms. The monoisotopic (exact) mass is 317 g/mol. The first-order valence-corrected chi connectivity index (χ1v) is 8.93. The van der Waals surface area contributed by atoms with E-state index in [0.717, 1.165) is 38.7 Å². The fraction of sp³-hybridized carbons (Fsp3) is 0.632. The van der Waals surface area contributed by atoms with Crippen molar-refractivity contribution in [1.82, 2.24) is 4.57 Å². The summed E-state index contributed by atoms with van der Waals surface area (Å²) < 4.78 is 13.2. The van der Waals surface area contributed by atoms with Gasteiger partial charge in [-0.05, 0) is 69.1 Å². The summed E-state index contributed by atoms with van der Waals surface area (Å²) in [5.74, 6) is -0.0191. The Kier molecular flexibility index (Phi) is 5.55. The highest BCUT2D eigenvalue weighted by molar-refractivity contribution is 5.74. The number of ether oxygens (including phenoxy) is 2. The lowest BCUT2D eigenvalue weighted by Gasteiger charge is -2.23. The number of hydrogen-bond acceptors (Lipinski definition) is 3. The molecule has 2 atom stereocenters. The van der Waals surface area contributed by atoms with Gasteiger partial charge in [0.05, 0.1) is 12.5 Å². The Morgan fingerprint density at radius 3 is 3.04 bits per heavy atom. The molecule has 2 unspecified atom stereocenters. The summed E-state index contributed by atoms with van der Waals surface area (Å²) in [5, 5.41) is 0. The fourth-order valence-electron chi connectivity index (χ4n) is 3.52. The molecule has 3 rings (SSSR count). The lowest BCUT2D eigenvalue weighted by atomic mass is 10.0. The molecule has 1 aromatic heterocycles. The van der Waals surface area contributed by atoms with E-state index in [-0.39, 0.29) is 18.1 Å². The molecular weight excluding hydrogens is 290 g/mol. The molecule has 0 saturated carbocycles. The molecule has 0 aromatic carbocycles. The lowest BCUT2D eigenvalue weighted by Crippen LogP contribution is -2.16. The smallest absolute Gasteiger partial charge is 0.309 e. The van der Waals surface area contributed by atoms with Crippen molar-refractivity contribution in [3.05, 3.63) is 30.1 Å². The summed E-state index contributed by atoms with van der Waals surface area (Å²) in [4.78, 5) is 11.9. The largest absolute Gasteiger partial charge is 0.466 e. The number of allylic oxidation sites excluding steroid dienone is 2. The van der Waals surface area contributed by atoms with Crippen LogP contribution in [0.25, 0.3) is 5.57 Å². The van der Waals surface area contributed by atoms with Crippen molar-refractivity contribution in [2.75, 3.05) is 13.2 Å². The van der Waals surface area contributed by atoms with E-state index in [4.69, 9.17) is 9.47 Å². The van der Waals surface area contributed by atoms with E-state index in [9.17, 15) is 4.79 Å². The van der Waals surface area contributed by atoms with Gasteiger partial charge in [-0.2, -0.15) is 0 Å². The molecule has 126 valence electrons. The molecular formula is C19H27NO3. The molecule has 1 aliphatic heterocycles. The van der Waals surface area contributed by atoms with Crippen molar-refractivity contribution < 1.29 is 14.3 Å². The first kappa shape index (κ1) is 16.3. The van der Waals surface area contributed by atoms with E-state index in [0.29, 0.717) is 6.61 Å². The van der Waals surface area contributed by atoms with Gasteiger partial charge >= 0.3 is 5.97 Å². The molecule has 1 fully saturated rings. The minimum absolute atomic E-state index is 0.0243. The van der Waals surface area contributed by atoms with Crippen LogP contribution in [0.2, 0.25) is 0 Å². The van der Waals surface area contributed by atoms with Crippen LogP contribution >= 0.6 is 0 Å². The van der Waals surface area contributed by atoms with Gasteiger partial charge in [0.2, 0.25) is 0 Å². The molecule has 0 radical (unpaired) electrons. The van der Waals surface area contributed by atoms with Gasteiger partial charge in [-0.3, -0.25) is 4.79 Å². The fourth-order valence-corrected chi connectivity index (χ4v) is 3.52. The SMILES string of the molecule is CCOC(=O)C1CC=C(c2ccn(C3CCCCO3)c2)CCC1. The summed E-state index contributed by atoms with van der Waals surface area (Å²) in [6.45, 7) is 3.20. The Hall–Kier alpha value is -1.55. The van der Waals surface area contributed by atoms with E-state index in [1.165, 1.54) is 24.0 Å². The summed E-state index contributed by atoms with van der Waals surface area (Å²) in [7, 11) is 0. The summed E-state index contributed by atoms with van der Waals surface area (Å²) >= 11 is 0. The van der Waals surface area contributed by atoms with Crippen LogP contribution in [0.1, 0.15) is 63.7 Å². The molecule has 0 bridgehead atoms. The van der Waals surface area contributed by atoms with E-state index < -0.39 is 0 Å². The number of nitrogens with zero attached hydrogens (tertiary/aromatic N) is 1. The van der Waals surface area contributed by atoms with Crippen LogP contribution in [0.15, 0.2) is 24.5 Å². The third-order valence-electron chi connectivity index (χ3n) is 4.84.